The van der Waals surface area contributed by atoms with E-state index in [-0.39, 0.29) is 17.9 Å². The number of aryl methyl sites for hydroxylation is 3. The van der Waals surface area contributed by atoms with Crippen molar-refractivity contribution < 1.29 is 18.7 Å². The third-order valence-corrected chi connectivity index (χ3v) is 6.24. The molecule has 7 nitrogen and oxygen atoms in total. The standard InChI is InChI=1S/C22H24N2O5S/c1-11-10-30-21(23-11)24-17(25)8-14-12(2)18-16(27-5)9-15-13(19(18)28-20(14)26)6-7-22(3,4)29-15/h9-10H,6-8H2,1-5H3,(H,23,24,25). The highest BCUT2D eigenvalue weighted by Crippen LogP contribution is 2.43. The van der Waals surface area contributed by atoms with Crippen molar-refractivity contribution in [2.45, 2.75) is 52.6 Å². The Hall–Kier alpha value is -2.87. The second-order valence-electron chi connectivity index (χ2n) is 8.13. The van der Waals surface area contributed by atoms with Gasteiger partial charge in [-0.1, -0.05) is 0 Å². The van der Waals surface area contributed by atoms with Gasteiger partial charge in [0.25, 0.3) is 0 Å². The Balaban J connectivity index is 1.77. The van der Waals surface area contributed by atoms with Gasteiger partial charge in [0.05, 0.1) is 30.2 Å². The molecule has 0 atom stereocenters. The number of methoxy groups -OCH3 is 1. The summed E-state index contributed by atoms with van der Waals surface area (Å²) in [4.78, 5) is 29.6. The Bertz CT molecular complexity index is 1210. The number of thiazole rings is 1. The molecule has 0 fully saturated rings. The highest BCUT2D eigenvalue weighted by Gasteiger charge is 2.31. The van der Waals surface area contributed by atoms with Crippen molar-refractivity contribution in [1.29, 1.82) is 0 Å². The van der Waals surface area contributed by atoms with E-state index in [1.54, 1.807) is 7.11 Å². The normalized spacial score (nSPS) is 14.8. The van der Waals surface area contributed by atoms with Gasteiger partial charge < -0.3 is 19.2 Å². The molecule has 2 aromatic heterocycles. The predicted octanol–water partition coefficient (Wildman–Crippen LogP) is 4.16. The number of rotatable bonds is 4. The molecule has 4 rings (SSSR count). The van der Waals surface area contributed by atoms with Crippen molar-refractivity contribution >= 4 is 33.3 Å². The second-order valence-corrected chi connectivity index (χ2v) is 8.99. The Morgan fingerprint density at radius 1 is 1.37 bits per heavy atom. The Morgan fingerprint density at radius 3 is 2.80 bits per heavy atom. The first-order chi connectivity index (χ1) is 14.2. The van der Waals surface area contributed by atoms with Crippen LogP contribution in [0.3, 0.4) is 0 Å². The van der Waals surface area contributed by atoms with Crippen LogP contribution < -0.4 is 20.4 Å². The highest BCUT2D eigenvalue weighted by molar-refractivity contribution is 7.13. The molecule has 0 bridgehead atoms. The van der Waals surface area contributed by atoms with Crippen LogP contribution in [0.4, 0.5) is 5.13 Å². The summed E-state index contributed by atoms with van der Waals surface area (Å²) in [7, 11) is 1.57. The van der Waals surface area contributed by atoms with Gasteiger partial charge in [0.1, 0.15) is 22.7 Å². The maximum atomic E-state index is 12.8. The average molecular weight is 429 g/mol. The van der Waals surface area contributed by atoms with Gasteiger partial charge in [0.15, 0.2) is 5.13 Å². The summed E-state index contributed by atoms with van der Waals surface area (Å²) < 4.78 is 17.4. The molecule has 30 heavy (non-hydrogen) atoms. The summed E-state index contributed by atoms with van der Waals surface area (Å²) in [6.07, 6.45) is 1.43. The van der Waals surface area contributed by atoms with Gasteiger partial charge in [-0.05, 0) is 46.1 Å². The van der Waals surface area contributed by atoms with Crippen LogP contribution in [-0.2, 0) is 17.6 Å². The van der Waals surface area contributed by atoms with Crippen LogP contribution in [-0.4, -0.2) is 23.6 Å². The minimum absolute atomic E-state index is 0.105. The first kappa shape index (κ1) is 20.4. The molecule has 1 aliphatic rings. The van der Waals surface area contributed by atoms with E-state index in [9.17, 15) is 9.59 Å². The molecule has 0 radical (unpaired) electrons. The fourth-order valence-corrected chi connectivity index (χ4v) is 4.49. The highest BCUT2D eigenvalue weighted by atomic mass is 32.1. The molecule has 0 aliphatic carbocycles. The van der Waals surface area contributed by atoms with Gasteiger partial charge in [-0.25, -0.2) is 9.78 Å². The van der Waals surface area contributed by atoms with E-state index in [0.29, 0.717) is 38.7 Å². The van der Waals surface area contributed by atoms with E-state index in [2.05, 4.69) is 10.3 Å². The molecule has 1 amide bonds. The molecule has 0 spiro atoms. The van der Waals surface area contributed by atoms with Crippen molar-refractivity contribution in [3.05, 3.63) is 44.3 Å². The minimum Gasteiger partial charge on any atom is -0.496 e. The largest absolute Gasteiger partial charge is 0.496 e. The SMILES string of the molecule is COc1cc2c(c3oc(=O)c(CC(=O)Nc4nc(C)cs4)c(C)c13)CCC(C)(C)O2. The first-order valence-electron chi connectivity index (χ1n) is 9.75. The number of nitrogens with zero attached hydrogens (tertiary/aromatic N) is 1. The molecule has 0 saturated carbocycles. The van der Waals surface area contributed by atoms with Gasteiger partial charge >= 0.3 is 5.63 Å². The van der Waals surface area contributed by atoms with E-state index < -0.39 is 5.63 Å². The third kappa shape index (κ3) is 3.67. The smallest absolute Gasteiger partial charge is 0.340 e. The number of anilines is 1. The van der Waals surface area contributed by atoms with E-state index in [1.165, 1.54) is 11.3 Å². The summed E-state index contributed by atoms with van der Waals surface area (Å²) >= 11 is 1.34. The van der Waals surface area contributed by atoms with E-state index in [1.807, 2.05) is 39.1 Å². The zero-order chi connectivity index (χ0) is 21.6. The topological polar surface area (TPSA) is 90.7 Å². The fourth-order valence-electron chi connectivity index (χ4n) is 3.78. The van der Waals surface area contributed by atoms with Gasteiger partial charge in [0, 0.05) is 17.0 Å². The Morgan fingerprint density at radius 2 is 2.13 bits per heavy atom. The van der Waals surface area contributed by atoms with Crippen LogP contribution in [0.1, 0.15) is 42.7 Å². The van der Waals surface area contributed by atoms with Crippen LogP contribution in [0.15, 0.2) is 20.7 Å². The van der Waals surface area contributed by atoms with Crippen LogP contribution in [0.2, 0.25) is 0 Å². The van der Waals surface area contributed by atoms with Crippen molar-refractivity contribution in [3.63, 3.8) is 0 Å². The van der Waals surface area contributed by atoms with Gasteiger partial charge in [-0.2, -0.15) is 0 Å². The number of aromatic nitrogens is 1. The number of fused-ring (bicyclic) bond motifs is 3. The number of benzene rings is 1. The van der Waals surface area contributed by atoms with E-state index >= 15 is 0 Å². The maximum absolute atomic E-state index is 12.8. The average Bonchev–Trinajstić information content (AvgIpc) is 3.07. The molecule has 3 heterocycles. The predicted molar refractivity (Wildman–Crippen MR) is 116 cm³/mol. The van der Waals surface area contributed by atoms with Gasteiger partial charge in [-0.3, -0.25) is 4.79 Å². The Labute approximate surface area is 178 Å². The van der Waals surface area contributed by atoms with Crippen molar-refractivity contribution in [2.24, 2.45) is 0 Å². The fraction of sp³-hybridized carbons (Fsp3) is 0.409. The number of hydrogen-bond donors (Lipinski definition) is 1. The summed E-state index contributed by atoms with van der Waals surface area (Å²) in [5.74, 6) is 0.906. The van der Waals surface area contributed by atoms with Gasteiger partial charge in [-0.15, -0.1) is 11.3 Å². The zero-order valence-corrected chi connectivity index (χ0v) is 18.5. The van der Waals surface area contributed by atoms with E-state index in [4.69, 9.17) is 13.9 Å². The monoisotopic (exact) mass is 428 g/mol. The van der Waals surface area contributed by atoms with Crippen molar-refractivity contribution in [1.82, 2.24) is 4.98 Å². The van der Waals surface area contributed by atoms with E-state index in [0.717, 1.165) is 24.1 Å². The third-order valence-electron chi connectivity index (χ3n) is 5.36. The first-order valence-corrected chi connectivity index (χ1v) is 10.6. The minimum atomic E-state index is -0.522. The Kier molecular flexibility index (Phi) is 5.05. The van der Waals surface area contributed by atoms with Crippen molar-refractivity contribution in [3.8, 4) is 11.5 Å². The van der Waals surface area contributed by atoms with Crippen LogP contribution in [0.5, 0.6) is 11.5 Å². The number of nitrogens with one attached hydrogen (secondary N) is 1. The van der Waals surface area contributed by atoms with Crippen LogP contribution >= 0.6 is 11.3 Å². The molecule has 3 aromatic rings. The summed E-state index contributed by atoms with van der Waals surface area (Å²) in [5.41, 5.74) is 2.33. The molecule has 1 aliphatic heterocycles. The summed E-state index contributed by atoms with van der Waals surface area (Å²) in [6.45, 7) is 7.73. The molecule has 1 N–H and O–H groups in total. The molecule has 8 heteroatoms. The van der Waals surface area contributed by atoms with Crippen molar-refractivity contribution in [2.75, 3.05) is 12.4 Å². The lowest BCUT2D eigenvalue weighted by Crippen LogP contribution is -2.32. The number of amides is 1. The lowest BCUT2D eigenvalue weighted by atomic mass is 9.91. The summed E-state index contributed by atoms with van der Waals surface area (Å²) in [6, 6.07) is 1.84. The van der Waals surface area contributed by atoms with Crippen LogP contribution in [0, 0.1) is 13.8 Å². The number of hydrogen-bond acceptors (Lipinski definition) is 7. The van der Waals surface area contributed by atoms with Gasteiger partial charge in [0.2, 0.25) is 5.91 Å². The lowest BCUT2D eigenvalue weighted by Gasteiger charge is -2.33. The second kappa shape index (κ2) is 7.43. The number of ether oxygens (including phenoxy) is 2. The number of carbonyl (C=O) groups is 1. The molecule has 0 saturated heterocycles. The molecular formula is C22H24N2O5S. The maximum Gasteiger partial charge on any atom is 0.340 e. The van der Waals surface area contributed by atoms with Crippen LogP contribution in [0.25, 0.3) is 11.0 Å². The summed E-state index contributed by atoms with van der Waals surface area (Å²) in [5, 5.41) is 5.79. The number of carbonyl (C=O) groups excluding carboxylic acids is 1. The molecule has 0 unspecified atom stereocenters. The molecule has 1 aromatic carbocycles. The molecular weight excluding hydrogens is 404 g/mol. The quantitative estimate of drug-likeness (QED) is 0.628. The zero-order valence-electron chi connectivity index (χ0n) is 17.7. The molecule has 158 valence electrons. The lowest BCUT2D eigenvalue weighted by molar-refractivity contribution is -0.115.